The molecule has 0 aliphatic heterocycles. The highest BCUT2D eigenvalue weighted by atomic mass is 14.2. The average Bonchev–Trinajstić information content (AvgIpc) is 2.67. The lowest BCUT2D eigenvalue weighted by molar-refractivity contribution is 0.465. The van der Waals surface area contributed by atoms with Crippen LogP contribution < -0.4 is 0 Å². The predicted octanol–water partition coefficient (Wildman–Crippen LogP) is 6.48. The van der Waals surface area contributed by atoms with E-state index >= 15 is 0 Å². The molecule has 0 radical (unpaired) electrons. The van der Waals surface area contributed by atoms with Gasteiger partial charge in [0.15, 0.2) is 0 Å². The van der Waals surface area contributed by atoms with Gasteiger partial charge in [-0.15, -0.1) is 0 Å². The van der Waals surface area contributed by atoms with E-state index < -0.39 is 0 Å². The summed E-state index contributed by atoms with van der Waals surface area (Å²) < 4.78 is 0. The molecule has 1 unspecified atom stereocenters. The summed E-state index contributed by atoms with van der Waals surface area (Å²) >= 11 is 0. The van der Waals surface area contributed by atoms with E-state index in [1.807, 2.05) is 0 Å². The Hall–Kier alpha value is -2.34. The molecule has 0 heteroatoms. The molecule has 0 aliphatic rings. The quantitative estimate of drug-likeness (QED) is 0.468. The first kappa shape index (κ1) is 16.5. The second-order valence-corrected chi connectivity index (χ2v) is 6.74. The molecule has 1 atom stereocenters. The molecular formula is C24H26. The lowest BCUT2D eigenvalue weighted by Gasteiger charge is -2.22. The van der Waals surface area contributed by atoms with E-state index in [1.54, 1.807) is 0 Å². The average molecular weight is 314 g/mol. The van der Waals surface area contributed by atoms with Crippen LogP contribution in [-0.4, -0.2) is 0 Å². The Morgan fingerprint density at radius 1 is 0.625 bits per heavy atom. The van der Waals surface area contributed by atoms with Gasteiger partial charge in [0, 0.05) is 5.92 Å². The summed E-state index contributed by atoms with van der Waals surface area (Å²) in [5, 5.41) is 0. The summed E-state index contributed by atoms with van der Waals surface area (Å²) in [4.78, 5) is 0. The topological polar surface area (TPSA) is 0 Å². The fraction of sp³-hybridized carbons (Fsp3) is 0.250. The molecule has 0 heterocycles. The third-order valence-electron chi connectivity index (χ3n) is 4.81. The van der Waals surface area contributed by atoms with Crippen molar-refractivity contribution >= 4 is 0 Å². The van der Waals surface area contributed by atoms with Crippen LogP contribution in [0, 0.1) is 5.92 Å². The molecule has 0 aromatic heterocycles. The normalized spacial score (nSPS) is 12.2. The highest BCUT2D eigenvalue weighted by molar-refractivity contribution is 5.32. The number of benzene rings is 3. The van der Waals surface area contributed by atoms with Crippen molar-refractivity contribution in [3.8, 4) is 0 Å². The van der Waals surface area contributed by atoms with Gasteiger partial charge in [-0.3, -0.25) is 0 Å². The molecule has 0 nitrogen and oxygen atoms in total. The number of aryl methyl sites for hydroxylation is 1. The van der Waals surface area contributed by atoms with Gasteiger partial charge in [-0.05, 0) is 41.9 Å². The summed E-state index contributed by atoms with van der Waals surface area (Å²) in [6, 6.07) is 32.7. The van der Waals surface area contributed by atoms with Crippen LogP contribution in [0.5, 0.6) is 0 Å². The second kappa shape index (κ2) is 8.49. The van der Waals surface area contributed by atoms with Crippen LogP contribution in [0.3, 0.4) is 0 Å². The second-order valence-electron chi connectivity index (χ2n) is 6.74. The highest BCUT2D eigenvalue weighted by Crippen LogP contribution is 2.32. The van der Waals surface area contributed by atoms with Gasteiger partial charge in [0.1, 0.15) is 0 Å². The molecule has 0 bridgehead atoms. The largest absolute Gasteiger partial charge is 0.0625 e. The molecule has 3 aromatic rings. The van der Waals surface area contributed by atoms with Crippen LogP contribution in [0.15, 0.2) is 91.0 Å². The molecule has 3 aromatic carbocycles. The first-order valence-electron chi connectivity index (χ1n) is 8.97. The van der Waals surface area contributed by atoms with Crippen LogP contribution in [-0.2, 0) is 6.42 Å². The molecule has 0 fully saturated rings. The molecule has 0 amide bonds. The molecule has 122 valence electrons. The Morgan fingerprint density at radius 3 is 1.58 bits per heavy atom. The minimum atomic E-state index is 0.484. The summed E-state index contributed by atoms with van der Waals surface area (Å²) in [7, 11) is 0. The van der Waals surface area contributed by atoms with Crippen molar-refractivity contribution in [2.45, 2.75) is 32.1 Å². The lowest BCUT2D eigenvalue weighted by Crippen LogP contribution is -2.08. The number of rotatable bonds is 7. The van der Waals surface area contributed by atoms with Crippen molar-refractivity contribution in [1.82, 2.24) is 0 Å². The van der Waals surface area contributed by atoms with E-state index in [0.717, 1.165) is 6.42 Å². The van der Waals surface area contributed by atoms with Crippen LogP contribution in [0.25, 0.3) is 0 Å². The van der Waals surface area contributed by atoms with Crippen molar-refractivity contribution in [3.05, 3.63) is 108 Å². The van der Waals surface area contributed by atoms with Gasteiger partial charge >= 0.3 is 0 Å². The standard InChI is InChI=1S/C24H26/c1-20(17-18-21-11-5-2-6-12-21)19-24(22-13-7-3-8-14-22)23-15-9-4-10-16-23/h2-16,20,24H,17-19H2,1H3. The third kappa shape index (κ3) is 4.58. The Labute approximate surface area is 146 Å². The Bertz CT molecular complexity index is 661. The van der Waals surface area contributed by atoms with Gasteiger partial charge in [0.25, 0.3) is 0 Å². The zero-order chi connectivity index (χ0) is 16.6. The summed E-state index contributed by atoms with van der Waals surface area (Å²) in [5.74, 6) is 1.17. The number of hydrogen-bond donors (Lipinski definition) is 0. The van der Waals surface area contributed by atoms with E-state index in [9.17, 15) is 0 Å². The van der Waals surface area contributed by atoms with Crippen molar-refractivity contribution in [1.29, 1.82) is 0 Å². The van der Waals surface area contributed by atoms with Crippen molar-refractivity contribution in [2.24, 2.45) is 5.92 Å². The minimum absolute atomic E-state index is 0.484. The van der Waals surface area contributed by atoms with Crippen LogP contribution in [0.1, 0.15) is 42.4 Å². The summed E-state index contributed by atoms with van der Waals surface area (Å²) in [5.41, 5.74) is 4.30. The highest BCUT2D eigenvalue weighted by Gasteiger charge is 2.17. The molecule has 0 saturated carbocycles. The molecule has 0 spiro atoms. The van der Waals surface area contributed by atoms with Gasteiger partial charge in [-0.25, -0.2) is 0 Å². The van der Waals surface area contributed by atoms with Gasteiger partial charge in [-0.1, -0.05) is 97.9 Å². The predicted molar refractivity (Wildman–Crippen MR) is 103 cm³/mol. The number of hydrogen-bond acceptors (Lipinski definition) is 0. The van der Waals surface area contributed by atoms with Crippen molar-refractivity contribution in [3.63, 3.8) is 0 Å². The molecule has 0 aliphatic carbocycles. The summed E-state index contributed by atoms with van der Waals surface area (Å²) in [6.45, 7) is 2.39. The maximum absolute atomic E-state index is 2.39. The Morgan fingerprint density at radius 2 is 1.08 bits per heavy atom. The van der Waals surface area contributed by atoms with E-state index in [-0.39, 0.29) is 0 Å². The van der Waals surface area contributed by atoms with Crippen LogP contribution >= 0.6 is 0 Å². The first-order chi connectivity index (χ1) is 11.8. The Balaban J connectivity index is 1.70. The van der Waals surface area contributed by atoms with Gasteiger partial charge in [0.2, 0.25) is 0 Å². The minimum Gasteiger partial charge on any atom is -0.0625 e. The maximum Gasteiger partial charge on any atom is 0.00918 e. The zero-order valence-corrected chi connectivity index (χ0v) is 14.4. The van der Waals surface area contributed by atoms with E-state index in [4.69, 9.17) is 0 Å². The lowest BCUT2D eigenvalue weighted by atomic mass is 9.82. The molecule has 3 rings (SSSR count). The van der Waals surface area contributed by atoms with E-state index in [0.29, 0.717) is 11.8 Å². The molecule has 0 saturated heterocycles. The van der Waals surface area contributed by atoms with Gasteiger partial charge in [0.05, 0.1) is 0 Å². The van der Waals surface area contributed by atoms with Crippen molar-refractivity contribution < 1.29 is 0 Å². The van der Waals surface area contributed by atoms with Gasteiger partial charge in [-0.2, -0.15) is 0 Å². The maximum atomic E-state index is 2.39. The van der Waals surface area contributed by atoms with Crippen LogP contribution in [0.4, 0.5) is 0 Å². The summed E-state index contributed by atoms with van der Waals surface area (Å²) in [6.07, 6.45) is 3.60. The van der Waals surface area contributed by atoms with E-state index in [2.05, 4.69) is 97.9 Å². The molecule has 0 N–H and O–H groups in total. The van der Waals surface area contributed by atoms with E-state index in [1.165, 1.54) is 29.5 Å². The fourth-order valence-corrected chi connectivity index (χ4v) is 3.41. The van der Waals surface area contributed by atoms with Crippen molar-refractivity contribution in [2.75, 3.05) is 0 Å². The third-order valence-corrected chi connectivity index (χ3v) is 4.81. The molecule has 24 heavy (non-hydrogen) atoms. The first-order valence-corrected chi connectivity index (χ1v) is 8.97. The smallest absolute Gasteiger partial charge is 0.00918 e. The molecular weight excluding hydrogens is 288 g/mol. The monoisotopic (exact) mass is 314 g/mol. The zero-order valence-electron chi connectivity index (χ0n) is 14.4. The SMILES string of the molecule is CC(CCc1ccccc1)CC(c1ccccc1)c1ccccc1. The van der Waals surface area contributed by atoms with Crippen LogP contribution in [0.2, 0.25) is 0 Å². The Kier molecular flexibility index (Phi) is 5.85. The fourth-order valence-electron chi connectivity index (χ4n) is 3.41. The van der Waals surface area contributed by atoms with Gasteiger partial charge < -0.3 is 0 Å².